The number of methoxy groups -OCH3 is 2. The van der Waals surface area contributed by atoms with Gasteiger partial charge in [-0.3, -0.25) is 4.79 Å². The average molecular weight is 419 g/mol. The van der Waals surface area contributed by atoms with Crippen molar-refractivity contribution in [3.63, 3.8) is 0 Å². The van der Waals surface area contributed by atoms with E-state index in [9.17, 15) is 9.18 Å². The number of ether oxygens (including phenoxy) is 2. The van der Waals surface area contributed by atoms with Crippen LogP contribution in [0.5, 0.6) is 11.5 Å². The van der Waals surface area contributed by atoms with Gasteiger partial charge in [-0.1, -0.05) is 42.5 Å². The second kappa shape index (κ2) is 9.21. The van der Waals surface area contributed by atoms with Crippen LogP contribution < -0.4 is 9.47 Å². The number of hydrogen-bond acceptors (Lipinski definition) is 3. The lowest BCUT2D eigenvalue weighted by Gasteiger charge is -2.38. The number of fused-ring (bicyclic) bond motifs is 1. The quantitative estimate of drug-likeness (QED) is 0.568. The van der Waals surface area contributed by atoms with Gasteiger partial charge in [0.1, 0.15) is 5.82 Å². The summed E-state index contributed by atoms with van der Waals surface area (Å²) in [5.41, 5.74) is 4.08. The van der Waals surface area contributed by atoms with Gasteiger partial charge < -0.3 is 14.4 Å². The summed E-state index contributed by atoms with van der Waals surface area (Å²) < 4.78 is 24.5. The van der Waals surface area contributed by atoms with Crippen molar-refractivity contribution in [3.8, 4) is 11.5 Å². The molecule has 0 spiro atoms. The average Bonchev–Trinajstić information content (AvgIpc) is 2.81. The minimum atomic E-state index is -0.278. The number of hydrogen-bond donors (Lipinski definition) is 0. The molecule has 1 amide bonds. The molecule has 0 N–H and O–H groups in total. The van der Waals surface area contributed by atoms with Gasteiger partial charge in [0.05, 0.1) is 20.3 Å². The van der Waals surface area contributed by atoms with Crippen LogP contribution in [0.3, 0.4) is 0 Å². The standard InChI is InChI=1S/C26H26FNO3/c1-30-23-16-20-13-14-28(25(29)12-11-18-7-6-10-21(27)15-18)26(19-8-4-3-5-9-19)22(20)17-24(23)31-2/h3-10,15-17,26H,11-14H2,1-2H3. The van der Waals surface area contributed by atoms with Crippen LogP contribution in [0, 0.1) is 5.82 Å². The Hall–Kier alpha value is -3.34. The monoisotopic (exact) mass is 419 g/mol. The fourth-order valence-electron chi connectivity index (χ4n) is 4.30. The largest absolute Gasteiger partial charge is 0.493 e. The number of carbonyl (C=O) groups is 1. The van der Waals surface area contributed by atoms with E-state index in [-0.39, 0.29) is 17.8 Å². The van der Waals surface area contributed by atoms with Gasteiger partial charge in [-0.25, -0.2) is 4.39 Å². The van der Waals surface area contributed by atoms with Crippen molar-refractivity contribution in [3.05, 3.63) is 94.8 Å². The first-order valence-electron chi connectivity index (χ1n) is 10.4. The van der Waals surface area contributed by atoms with Crippen LogP contribution in [-0.2, 0) is 17.6 Å². The summed E-state index contributed by atoms with van der Waals surface area (Å²) in [4.78, 5) is 15.2. The molecule has 4 rings (SSSR count). The summed E-state index contributed by atoms with van der Waals surface area (Å²) in [6.07, 6.45) is 1.58. The van der Waals surface area contributed by atoms with Gasteiger partial charge in [0, 0.05) is 13.0 Å². The molecule has 4 nitrogen and oxygen atoms in total. The van der Waals surface area contributed by atoms with Crippen molar-refractivity contribution < 1.29 is 18.7 Å². The second-order valence-corrected chi connectivity index (χ2v) is 7.69. The van der Waals surface area contributed by atoms with E-state index >= 15 is 0 Å². The summed E-state index contributed by atoms with van der Waals surface area (Å²) in [7, 11) is 3.25. The first-order chi connectivity index (χ1) is 15.1. The van der Waals surface area contributed by atoms with Crippen molar-refractivity contribution in [2.24, 2.45) is 0 Å². The maximum absolute atomic E-state index is 13.5. The SMILES string of the molecule is COc1cc2c(cc1OC)C(c1ccccc1)N(C(=O)CCc1cccc(F)c1)CC2. The first-order valence-corrected chi connectivity index (χ1v) is 10.4. The topological polar surface area (TPSA) is 38.8 Å². The summed E-state index contributed by atoms with van der Waals surface area (Å²) in [5.74, 6) is 1.12. The van der Waals surface area contributed by atoms with Gasteiger partial charge in [-0.2, -0.15) is 0 Å². The summed E-state index contributed by atoms with van der Waals surface area (Å²) in [6, 6.07) is 20.3. The summed E-state index contributed by atoms with van der Waals surface area (Å²) in [5, 5.41) is 0. The minimum absolute atomic E-state index is 0.0542. The molecule has 160 valence electrons. The predicted octanol–water partition coefficient (Wildman–Crippen LogP) is 4.95. The number of amides is 1. The Balaban J connectivity index is 1.67. The molecule has 0 saturated carbocycles. The number of aryl methyl sites for hydroxylation is 1. The van der Waals surface area contributed by atoms with Crippen LogP contribution in [0.4, 0.5) is 4.39 Å². The smallest absolute Gasteiger partial charge is 0.223 e. The lowest BCUT2D eigenvalue weighted by Crippen LogP contribution is -2.40. The fraction of sp³-hybridized carbons (Fsp3) is 0.269. The third-order valence-corrected chi connectivity index (χ3v) is 5.83. The minimum Gasteiger partial charge on any atom is -0.493 e. The molecule has 0 radical (unpaired) electrons. The van der Waals surface area contributed by atoms with Gasteiger partial charge >= 0.3 is 0 Å². The fourth-order valence-corrected chi connectivity index (χ4v) is 4.30. The molecular weight excluding hydrogens is 393 g/mol. The number of rotatable bonds is 6. The highest BCUT2D eigenvalue weighted by atomic mass is 19.1. The highest BCUT2D eigenvalue weighted by molar-refractivity contribution is 5.78. The molecule has 1 aliphatic rings. The molecule has 1 heterocycles. The Labute approximate surface area is 182 Å². The van der Waals surface area contributed by atoms with Crippen molar-refractivity contribution in [2.45, 2.75) is 25.3 Å². The summed E-state index contributed by atoms with van der Waals surface area (Å²) in [6.45, 7) is 0.615. The lowest BCUT2D eigenvalue weighted by molar-refractivity contribution is -0.133. The van der Waals surface area contributed by atoms with E-state index in [4.69, 9.17) is 9.47 Å². The molecule has 3 aromatic rings. The number of halogens is 1. The number of carbonyl (C=O) groups excluding carboxylic acids is 1. The van der Waals surface area contributed by atoms with E-state index in [0.29, 0.717) is 30.9 Å². The molecule has 0 aliphatic carbocycles. The molecule has 31 heavy (non-hydrogen) atoms. The van der Waals surface area contributed by atoms with Crippen molar-refractivity contribution in [1.29, 1.82) is 0 Å². The highest BCUT2D eigenvalue weighted by Crippen LogP contribution is 2.41. The zero-order valence-electron chi connectivity index (χ0n) is 17.8. The van der Waals surface area contributed by atoms with Crippen molar-refractivity contribution >= 4 is 5.91 Å². The van der Waals surface area contributed by atoms with E-state index in [1.807, 2.05) is 53.4 Å². The van der Waals surface area contributed by atoms with E-state index in [1.165, 1.54) is 12.1 Å². The predicted molar refractivity (Wildman–Crippen MR) is 118 cm³/mol. The third kappa shape index (κ3) is 4.41. The first kappa shape index (κ1) is 20.9. The normalized spacial score (nSPS) is 15.3. The maximum atomic E-state index is 13.5. The van der Waals surface area contributed by atoms with E-state index < -0.39 is 0 Å². The molecule has 0 aromatic heterocycles. The van der Waals surface area contributed by atoms with E-state index in [2.05, 4.69) is 0 Å². The zero-order chi connectivity index (χ0) is 21.8. The Kier molecular flexibility index (Phi) is 6.21. The van der Waals surface area contributed by atoms with Crippen LogP contribution in [0.15, 0.2) is 66.7 Å². The van der Waals surface area contributed by atoms with Crippen molar-refractivity contribution in [2.75, 3.05) is 20.8 Å². The second-order valence-electron chi connectivity index (χ2n) is 7.69. The van der Waals surface area contributed by atoms with Crippen LogP contribution >= 0.6 is 0 Å². The molecule has 1 unspecified atom stereocenters. The van der Waals surface area contributed by atoms with Gasteiger partial charge in [-0.15, -0.1) is 0 Å². The molecule has 0 fully saturated rings. The van der Waals surface area contributed by atoms with Gasteiger partial charge in [-0.05, 0) is 59.4 Å². The Bertz CT molecular complexity index is 1070. The van der Waals surface area contributed by atoms with Gasteiger partial charge in [0.25, 0.3) is 0 Å². The lowest BCUT2D eigenvalue weighted by atomic mass is 9.87. The zero-order valence-corrected chi connectivity index (χ0v) is 17.8. The van der Waals surface area contributed by atoms with Gasteiger partial charge in [0.2, 0.25) is 5.91 Å². The Morgan fingerprint density at radius 2 is 1.74 bits per heavy atom. The highest BCUT2D eigenvalue weighted by Gasteiger charge is 2.33. The molecule has 1 aliphatic heterocycles. The molecule has 1 atom stereocenters. The molecular formula is C26H26FNO3. The van der Waals surface area contributed by atoms with E-state index in [1.54, 1.807) is 20.3 Å². The molecule has 0 bridgehead atoms. The van der Waals surface area contributed by atoms with Crippen molar-refractivity contribution in [1.82, 2.24) is 4.90 Å². The van der Waals surface area contributed by atoms with Crippen LogP contribution in [-0.4, -0.2) is 31.6 Å². The third-order valence-electron chi connectivity index (χ3n) is 5.83. The van der Waals surface area contributed by atoms with E-state index in [0.717, 1.165) is 28.7 Å². The van der Waals surface area contributed by atoms with Crippen LogP contribution in [0.2, 0.25) is 0 Å². The van der Waals surface area contributed by atoms with Crippen LogP contribution in [0.25, 0.3) is 0 Å². The van der Waals surface area contributed by atoms with Gasteiger partial charge in [0.15, 0.2) is 11.5 Å². The number of benzene rings is 3. The molecule has 0 saturated heterocycles. The van der Waals surface area contributed by atoms with Crippen LogP contribution in [0.1, 0.15) is 34.7 Å². The Morgan fingerprint density at radius 1 is 1.00 bits per heavy atom. The maximum Gasteiger partial charge on any atom is 0.223 e. The summed E-state index contributed by atoms with van der Waals surface area (Å²) >= 11 is 0. The number of nitrogens with zero attached hydrogens (tertiary/aromatic N) is 1. The Morgan fingerprint density at radius 3 is 2.45 bits per heavy atom. The molecule has 3 aromatic carbocycles. The molecule has 5 heteroatoms.